The summed E-state index contributed by atoms with van der Waals surface area (Å²) < 4.78 is 44.2. The summed E-state index contributed by atoms with van der Waals surface area (Å²) in [7, 11) is 0. The molecule has 0 bridgehead atoms. The number of nitrogens with zero attached hydrogens (tertiary/aromatic N) is 3. The van der Waals surface area contributed by atoms with Gasteiger partial charge in [-0.25, -0.2) is 4.98 Å². The van der Waals surface area contributed by atoms with Crippen molar-refractivity contribution in [2.45, 2.75) is 25.6 Å². The number of pyridine rings is 2. The van der Waals surface area contributed by atoms with Gasteiger partial charge in [0.05, 0.1) is 6.54 Å². The zero-order valence-corrected chi connectivity index (χ0v) is 12.5. The number of aryl methyl sites for hydroxylation is 1. The molecule has 1 saturated heterocycles. The minimum absolute atomic E-state index is 0.0764. The molecule has 0 radical (unpaired) electrons. The van der Waals surface area contributed by atoms with Crippen molar-refractivity contribution in [3.8, 4) is 5.75 Å². The highest BCUT2D eigenvalue weighted by atomic mass is 19.4. The highest BCUT2D eigenvalue weighted by molar-refractivity contribution is 5.41. The smallest absolute Gasteiger partial charge is 0.433 e. The van der Waals surface area contributed by atoms with E-state index in [1.54, 1.807) is 24.5 Å². The van der Waals surface area contributed by atoms with Crippen LogP contribution in [0.4, 0.5) is 19.0 Å². The van der Waals surface area contributed by atoms with E-state index in [1.165, 1.54) is 6.07 Å². The van der Waals surface area contributed by atoms with E-state index in [2.05, 4.69) is 9.97 Å². The molecule has 0 spiro atoms. The minimum atomic E-state index is -4.43. The van der Waals surface area contributed by atoms with Crippen LogP contribution in [0.25, 0.3) is 0 Å². The van der Waals surface area contributed by atoms with E-state index in [0.717, 1.165) is 23.8 Å². The molecule has 0 saturated carbocycles. The highest BCUT2D eigenvalue weighted by Crippen LogP contribution is 2.30. The summed E-state index contributed by atoms with van der Waals surface area (Å²) in [5.41, 5.74) is 0.0625. The molecule has 3 rings (SSSR count). The number of hydrogen-bond acceptors (Lipinski definition) is 4. The normalized spacial score (nSPS) is 18.3. The van der Waals surface area contributed by atoms with Gasteiger partial charge in [0, 0.05) is 30.9 Å². The molecule has 7 heteroatoms. The van der Waals surface area contributed by atoms with Gasteiger partial charge >= 0.3 is 6.18 Å². The van der Waals surface area contributed by atoms with Crippen molar-refractivity contribution < 1.29 is 17.9 Å². The molecule has 1 atom stereocenters. The Morgan fingerprint density at radius 2 is 2.09 bits per heavy atom. The van der Waals surface area contributed by atoms with E-state index in [0.29, 0.717) is 18.9 Å². The largest absolute Gasteiger partial charge is 0.488 e. The van der Waals surface area contributed by atoms with E-state index >= 15 is 0 Å². The zero-order chi connectivity index (χ0) is 16.4. The molecule has 1 fully saturated rings. The third kappa shape index (κ3) is 3.55. The quantitative estimate of drug-likeness (QED) is 0.867. The molecule has 3 heterocycles. The monoisotopic (exact) mass is 323 g/mol. The standard InChI is InChI=1S/C16H16F3N3O/c1-11-9-20-7-5-13(11)23-12-6-8-22(10-12)15-4-2-3-14(21-15)16(17,18)19/h2-5,7,9,12H,6,8,10H2,1H3. The summed E-state index contributed by atoms with van der Waals surface area (Å²) in [4.78, 5) is 9.54. The zero-order valence-electron chi connectivity index (χ0n) is 12.5. The van der Waals surface area contributed by atoms with Crippen molar-refractivity contribution in [3.05, 3.63) is 47.9 Å². The summed E-state index contributed by atoms with van der Waals surface area (Å²) in [6.45, 7) is 3.03. The molecule has 23 heavy (non-hydrogen) atoms. The summed E-state index contributed by atoms with van der Waals surface area (Å²) in [6, 6.07) is 5.75. The summed E-state index contributed by atoms with van der Waals surface area (Å²) in [5, 5.41) is 0. The minimum Gasteiger partial charge on any atom is -0.488 e. The van der Waals surface area contributed by atoms with Crippen LogP contribution in [0.3, 0.4) is 0 Å². The van der Waals surface area contributed by atoms with Gasteiger partial charge in [0.1, 0.15) is 23.4 Å². The maximum absolute atomic E-state index is 12.8. The molecular formula is C16H16F3N3O. The van der Waals surface area contributed by atoms with Crippen molar-refractivity contribution in [1.29, 1.82) is 0 Å². The molecule has 2 aromatic rings. The third-order valence-electron chi connectivity index (χ3n) is 3.76. The average molecular weight is 323 g/mol. The molecule has 0 aliphatic carbocycles. The average Bonchev–Trinajstić information content (AvgIpc) is 2.98. The van der Waals surface area contributed by atoms with Crippen LogP contribution in [0, 0.1) is 6.92 Å². The number of rotatable bonds is 3. The predicted molar refractivity (Wildman–Crippen MR) is 79.5 cm³/mol. The van der Waals surface area contributed by atoms with Crippen LogP contribution < -0.4 is 9.64 Å². The van der Waals surface area contributed by atoms with Crippen molar-refractivity contribution >= 4 is 5.82 Å². The van der Waals surface area contributed by atoms with Crippen molar-refractivity contribution in [2.24, 2.45) is 0 Å². The predicted octanol–water partition coefficient (Wildman–Crippen LogP) is 3.46. The molecule has 4 nitrogen and oxygen atoms in total. The van der Waals surface area contributed by atoms with Gasteiger partial charge in [-0.1, -0.05) is 6.07 Å². The van der Waals surface area contributed by atoms with Crippen LogP contribution >= 0.6 is 0 Å². The number of hydrogen-bond donors (Lipinski definition) is 0. The molecule has 1 unspecified atom stereocenters. The lowest BCUT2D eigenvalue weighted by atomic mass is 10.2. The van der Waals surface area contributed by atoms with Crippen LogP contribution in [0.5, 0.6) is 5.75 Å². The topological polar surface area (TPSA) is 38.2 Å². The molecule has 122 valence electrons. The summed E-state index contributed by atoms with van der Waals surface area (Å²) >= 11 is 0. The van der Waals surface area contributed by atoms with E-state index < -0.39 is 11.9 Å². The first kappa shape index (κ1) is 15.6. The molecule has 0 amide bonds. The fourth-order valence-corrected chi connectivity index (χ4v) is 2.56. The second-order valence-corrected chi connectivity index (χ2v) is 5.49. The lowest BCUT2D eigenvalue weighted by Gasteiger charge is -2.19. The Kier molecular flexibility index (Phi) is 4.11. The van der Waals surface area contributed by atoms with Gasteiger partial charge in [-0.2, -0.15) is 13.2 Å². The Labute approximate surface area is 131 Å². The SMILES string of the molecule is Cc1cnccc1OC1CCN(c2cccc(C(F)(F)F)n2)C1. The number of ether oxygens (including phenoxy) is 1. The Hall–Kier alpha value is -2.31. The first-order chi connectivity index (χ1) is 10.9. The van der Waals surface area contributed by atoms with Gasteiger partial charge in [0.25, 0.3) is 0 Å². The van der Waals surface area contributed by atoms with E-state index in [-0.39, 0.29) is 6.10 Å². The Balaban J connectivity index is 1.69. The van der Waals surface area contributed by atoms with Crippen LogP contribution in [0.15, 0.2) is 36.7 Å². The first-order valence-electron chi connectivity index (χ1n) is 7.30. The van der Waals surface area contributed by atoms with Crippen molar-refractivity contribution in [3.63, 3.8) is 0 Å². The summed E-state index contributed by atoms with van der Waals surface area (Å²) in [6.07, 6.45) is -0.397. The number of anilines is 1. The molecular weight excluding hydrogens is 307 g/mol. The maximum atomic E-state index is 12.8. The van der Waals surface area contributed by atoms with Gasteiger partial charge < -0.3 is 9.64 Å². The van der Waals surface area contributed by atoms with Gasteiger partial charge in [-0.15, -0.1) is 0 Å². The maximum Gasteiger partial charge on any atom is 0.433 e. The Morgan fingerprint density at radius 1 is 1.26 bits per heavy atom. The van der Waals surface area contributed by atoms with Crippen LogP contribution in [-0.4, -0.2) is 29.2 Å². The van der Waals surface area contributed by atoms with E-state index in [4.69, 9.17) is 4.74 Å². The van der Waals surface area contributed by atoms with Crippen molar-refractivity contribution in [2.75, 3.05) is 18.0 Å². The Morgan fingerprint density at radius 3 is 2.83 bits per heavy atom. The fourth-order valence-electron chi connectivity index (χ4n) is 2.56. The van der Waals surface area contributed by atoms with Crippen LogP contribution in [0.1, 0.15) is 17.7 Å². The molecule has 1 aliphatic heterocycles. The number of alkyl halides is 3. The van der Waals surface area contributed by atoms with Gasteiger partial charge in [-0.3, -0.25) is 4.98 Å². The lowest BCUT2D eigenvalue weighted by molar-refractivity contribution is -0.141. The second kappa shape index (κ2) is 6.06. The van der Waals surface area contributed by atoms with Gasteiger partial charge in [-0.05, 0) is 25.1 Å². The first-order valence-corrected chi connectivity index (χ1v) is 7.30. The number of halogens is 3. The Bertz CT molecular complexity index is 690. The molecule has 2 aromatic heterocycles. The fraction of sp³-hybridized carbons (Fsp3) is 0.375. The van der Waals surface area contributed by atoms with E-state index in [1.807, 2.05) is 11.8 Å². The second-order valence-electron chi connectivity index (χ2n) is 5.49. The van der Waals surface area contributed by atoms with Crippen molar-refractivity contribution in [1.82, 2.24) is 9.97 Å². The molecule has 0 aromatic carbocycles. The third-order valence-corrected chi connectivity index (χ3v) is 3.76. The summed E-state index contributed by atoms with van der Waals surface area (Å²) in [5.74, 6) is 1.08. The lowest BCUT2D eigenvalue weighted by Crippen LogP contribution is -2.26. The number of aromatic nitrogens is 2. The molecule has 1 aliphatic rings. The van der Waals surface area contributed by atoms with Gasteiger partial charge in [0.2, 0.25) is 0 Å². The van der Waals surface area contributed by atoms with E-state index in [9.17, 15) is 13.2 Å². The van der Waals surface area contributed by atoms with Gasteiger partial charge in [0.15, 0.2) is 0 Å². The van der Waals surface area contributed by atoms with Crippen LogP contribution in [-0.2, 0) is 6.18 Å². The highest BCUT2D eigenvalue weighted by Gasteiger charge is 2.33. The van der Waals surface area contributed by atoms with Crippen LogP contribution in [0.2, 0.25) is 0 Å². The molecule has 0 N–H and O–H groups in total.